The molecule has 1 amide bonds. The molecule has 0 aliphatic carbocycles. The van der Waals surface area contributed by atoms with Gasteiger partial charge in [-0.25, -0.2) is 4.98 Å². The van der Waals surface area contributed by atoms with Crippen molar-refractivity contribution in [3.05, 3.63) is 46.3 Å². The highest BCUT2D eigenvalue weighted by Gasteiger charge is 2.19. The maximum absolute atomic E-state index is 12.7. The van der Waals surface area contributed by atoms with Crippen LogP contribution < -0.4 is 5.32 Å². The van der Waals surface area contributed by atoms with E-state index in [0.29, 0.717) is 17.9 Å². The average Bonchev–Trinajstić information content (AvgIpc) is 2.97. The van der Waals surface area contributed by atoms with Crippen molar-refractivity contribution in [3.8, 4) is 0 Å². The van der Waals surface area contributed by atoms with Crippen LogP contribution in [0.1, 0.15) is 29.1 Å². The zero-order chi connectivity index (χ0) is 14.5. The molecule has 0 atom stereocenters. The number of carbonyl (C=O) groups excluding carboxylic acids is 1. The second kappa shape index (κ2) is 6.52. The van der Waals surface area contributed by atoms with Crippen molar-refractivity contribution in [2.75, 3.05) is 12.4 Å². The van der Waals surface area contributed by atoms with Gasteiger partial charge in [0.15, 0.2) is 0 Å². The van der Waals surface area contributed by atoms with Crippen LogP contribution in [0.15, 0.2) is 35.8 Å². The Bertz CT molecular complexity index is 566. The summed E-state index contributed by atoms with van der Waals surface area (Å²) in [5.74, 6) is 0.739. The number of pyridine rings is 1. The van der Waals surface area contributed by atoms with Gasteiger partial charge in [-0.2, -0.15) is 0 Å². The van der Waals surface area contributed by atoms with E-state index in [-0.39, 0.29) is 11.9 Å². The minimum atomic E-state index is 0.0345. The van der Waals surface area contributed by atoms with E-state index >= 15 is 0 Å². The highest BCUT2D eigenvalue weighted by Crippen LogP contribution is 2.17. The van der Waals surface area contributed by atoms with Crippen molar-refractivity contribution < 1.29 is 4.79 Å². The number of rotatable bonds is 5. The number of nitrogens with one attached hydrogen (secondary N) is 1. The Morgan fingerprint density at radius 3 is 2.85 bits per heavy atom. The van der Waals surface area contributed by atoms with Gasteiger partial charge in [-0.3, -0.25) is 4.79 Å². The minimum absolute atomic E-state index is 0.0345. The number of hydrogen-bond donors (Lipinski definition) is 1. The molecule has 2 aromatic heterocycles. The minimum Gasteiger partial charge on any atom is -0.373 e. The third-order valence-corrected chi connectivity index (χ3v) is 3.91. The smallest absolute Gasteiger partial charge is 0.254 e. The number of nitrogens with zero attached hydrogens (tertiary/aromatic N) is 2. The molecule has 5 heteroatoms. The van der Waals surface area contributed by atoms with Gasteiger partial charge >= 0.3 is 0 Å². The summed E-state index contributed by atoms with van der Waals surface area (Å²) in [5.41, 5.74) is 0.662. The lowest BCUT2D eigenvalue weighted by Gasteiger charge is -2.26. The van der Waals surface area contributed by atoms with Gasteiger partial charge in [-0.15, -0.1) is 11.3 Å². The van der Waals surface area contributed by atoms with E-state index in [1.165, 1.54) is 4.88 Å². The molecule has 0 radical (unpaired) electrons. The van der Waals surface area contributed by atoms with Gasteiger partial charge in [0.2, 0.25) is 0 Å². The second-order valence-electron chi connectivity index (χ2n) is 4.79. The highest BCUT2D eigenvalue weighted by molar-refractivity contribution is 7.09. The molecule has 0 aliphatic rings. The Morgan fingerprint density at radius 2 is 2.25 bits per heavy atom. The molecule has 0 aromatic carbocycles. The molecule has 0 fully saturated rings. The average molecular weight is 289 g/mol. The van der Waals surface area contributed by atoms with Crippen molar-refractivity contribution in [3.63, 3.8) is 0 Å². The quantitative estimate of drug-likeness (QED) is 0.919. The predicted molar refractivity (Wildman–Crippen MR) is 83.1 cm³/mol. The summed E-state index contributed by atoms with van der Waals surface area (Å²) in [6, 6.07) is 7.75. The first-order chi connectivity index (χ1) is 9.61. The lowest BCUT2D eigenvalue weighted by atomic mass is 10.2. The van der Waals surface area contributed by atoms with E-state index in [9.17, 15) is 4.79 Å². The molecular formula is C15H19N3OS. The molecular weight excluding hydrogens is 270 g/mol. The molecule has 0 bridgehead atoms. The van der Waals surface area contributed by atoms with Gasteiger partial charge in [0, 0.05) is 29.7 Å². The lowest BCUT2D eigenvalue weighted by Crippen LogP contribution is -2.36. The van der Waals surface area contributed by atoms with Crippen LogP contribution in [0.2, 0.25) is 0 Å². The largest absolute Gasteiger partial charge is 0.373 e. The number of thiophene rings is 1. The Morgan fingerprint density at radius 1 is 1.45 bits per heavy atom. The monoisotopic (exact) mass is 289 g/mol. The fraction of sp³-hybridized carbons (Fsp3) is 0.333. The summed E-state index contributed by atoms with van der Waals surface area (Å²) >= 11 is 1.67. The maximum atomic E-state index is 12.7. The van der Waals surface area contributed by atoms with E-state index in [2.05, 4.69) is 16.4 Å². The number of anilines is 1. The van der Waals surface area contributed by atoms with E-state index in [1.807, 2.05) is 30.2 Å². The standard InChI is InChI=1S/C15H19N3OS/c1-11(2)18(10-13-5-4-8-20-13)15(19)12-6-7-17-14(9-12)16-3/h4-9,11H,10H2,1-3H3,(H,16,17). The van der Waals surface area contributed by atoms with E-state index in [4.69, 9.17) is 0 Å². The first-order valence-electron chi connectivity index (χ1n) is 6.59. The van der Waals surface area contributed by atoms with Crippen molar-refractivity contribution in [2.45, 2.75) is 26.4 Å². The van der Waals surface area contributed by atoms with Crippen LogP contribution in [0.3, 0.4) is 0 Å². The zero-order valence-electron chi connectivity index (χ0n) is 12.0. The zero-order valence-corrected chi connectivity index (χ0v) is 12.8. The fourth-order valence-electron chi connectivity index (χ4n) is 1.93. The molecule has 106 valence electrons. The molecule has 4 nitrogen and oxygen atoms in total. The van der Waals surface area contributed by atoms with Crippen LogP contribution in [0.4, 0.5) is 5.82 Å². The summed E-state index contributed by atoms with van der Waals surface area (Å²) in [4.78, 5) is 19.9. The van der Waals surface area contributed by atoms with Gasteiger partial charge in [-0.1, -0.05) is 6.07 Å². The van der Waals surface area contributed by atoms with Crippen LogP contribution in [0.5, 0.6) is 0 Å². The molecule has 0 spiro atoms. The van der Waals surface area contributed by atoms with Crippen LogP contribution >= 0.6 is 11.3 Å². The summed E-state index contributed by atoms with van der Waals surface area (Å²) < 4.78 is 0. The first-order valence-corrected chi connectivity index (χ1v) is 7.47. The predicted octanol–water partition coefficient (Wildman–Crippen LogP) is 3.24. The Balaban J connectivity index is 2.22. The van der Waals surface area contributed by atoms with Gasteiger partial charge in [-0.05, 0) is 37.4 Å². The molecule has 2 rings (SSSR count). The normalized spacial score (nSPS) is 10.6. The number of aromatic nitrogens is 1. The summed E-state index contributed by atoms with van der Waals surface area (Å²) in [7, 11) is 1.79. The summed E-state index contributed by atoms with van der Waals surface area (Å²) in [6.07, 6.45) is 1.66. The van der Waals surface area contributed by atoms with Crippen LogP contribution in [-0.4, -0.2) is 28.9 Å². The Kier molecular flexibility index (Phi) is 4.74. The number of amides is 1. The van der Waals surface area contributed by atoms with Gasteiger partial charge in [0.1, 0.15) is 5.82 Å². The molecule has 2 heterocycles. The summed E-state index contributed by atoms with van der Waals surface area (Å²) in [6.45, 7) is 4.71. The van der Waals surface area contributed by atoms with Crippen LogP contribution in [0, 0.1) is 0 Å². The van der Waals surface area contributed by atoms with Crippen molar-refractivity contribution in [1.29, 1.82) is 0 Å². The molecule has 0 saturated heterocycles. The van der Waals surface area contributed by atoms with Crippen molar-refractivity contribution >= 4 is 23.1 Å². The van der Waals surface area contributed by atoms with E-state index in [1.54, 1.807) is 36.7 Å². The van der Waals surface area contributed by atoms with E-state index in [0.717, 1.165) is 0 Å². The van der Waals surface area contributed by atoms with Gasteiger partial charge < -0.3 is 10.2 Å². The SMILES string of the molecule is CNc1cc(C(=O)N(Cc2cccs2)C(C)C)ccn1. The van der Waals surface area contributed by atoms with Crippen LogP contribution in [-0.2, 0) is 6.54 Å². The highest BCUT2D eigenvalue weighted by atomic mass is 32.1. The van der Waals surface area contributed by atoms with Crippen molar-refractivity contribution in [2.24, 2.45) is 0 Å². The fourth-order valence-corrected chi connectivity index (χ4v) is 2.63. The number of hydrogen-bond acceptors (Lipinski definition) is 4. The number of carbonyl (C=O) groups is 1. The molecule has 0 unspecified atom stereocenters. The second-order valence-corrected chi connectivity index (χ2v) is 5.82. The summed E-state index contributed by atoms with van der Waals surface area (Å²) in [5, 5.41) is 4.99. The molecule has 20 heavy (non-hydrogen) atoms. The molecule has 1 N–H and O–H groups in total. The van der Waals surface area contributed by atoms with Crippen LogP contribution in [0.25, 0.3) is 0 Å². The topological polar surface area (TPSA) is 45.2 Å². The first kappa shape index (κ1) is 14.5. The third kappa shape index (κ3) is 3.36. The Hall–Kier alpha value is -1.88. The van der Waals surface area contributed by atoms with Crippen molar-refractivity contribution in [1.82, 2.24) is 9.88 Å². The lowest BCUT2D eigenvalue weighted by molar-refractivity contribution is 0.0692. The van der Waals surface area contributed by atoms with Gasteiger partial charge in [0.25, 0.3) is 5.91 Å². The van der Waals surface area contributed by atoms with Gasteiger partial charge in [0.05, 0.1) is 6.54 Å². The molecule has 0 saturated carbocycles. The molecule has 0 aliphatic heterocycles. The molecule has 2 aromatic rings. The third-order valence-electron chi connectivity index (χ3n) is 3.05. The maximum Gasteiger partial charge on any atom is 0.254 e. The Labute approximate surface area is 123 Å². The van der Waals surface area contributed by atoms with E-state index < -0.39 is 0 Å².